The molecule has 0 radical (unpaired) electrons. The molecule has 0 aromatic carbocycles. The molecule has 43 heavy (non-hydrogen) atoms. The van der Waals surface area contributed by atoms with E-state index in [0.29, 0.717) is 12.8 Å². The van der Waals surface area contributed by atoms with Gasteiger partial charge in [0, 0.05) is 6.42 Å². The summed E-state index contributed by atoms with van der Waals surface area (Å²) in [6.07, 6.45) is 42.8. The first kappa shape index (κ1) is 42.1. The average Bonchev–Trinajstić information content (AvgIpc) is 3.01. The zero-order valence-electron chi connectivity index (χ0n) is 29.2. The van der Waals surface area contributed by atoms with E-state index in [4.69, 9.17) is 0 Å². The van der Waals surface area contributed by atoms with Crippen molar-refractivity contribution in [2.45, 2.75) is 225 Å². The van der Waals surface area contributed by atoms with Crippen LogP contribution in [0.2, 0.25) is 0 Å². The van der Waals surface area contributed by atoms with Crippen molar-refractivity contribution in [2.75, 3.05) is 6.61 Å². The van der Waals surface area contributed by atoms with Crippen LogP contribution in [0.1, 0.15) is 213 Å². The van der Waals surface area contributed by atoms with Crippen LogP contribution in [0.15, 0.2) is 12.2 Å². The van der Waals surface area contributed by atoms with Gasteiger partial charge >= 0.3 is 0 Å². The Morgan fingerprint density at radius 3 is 1.28 bits per heavy atom. The Morgan fingerprint density at radius 2 is 0.884 bits per heavy atom. The Labute approximate surface area is 269 Å². The summed E-state index contributed by atoms with van der Waals surface area (Å²) < 4.78 is 0. The standard InChI is InChI=1S/C39H77NO3/c1-3-5-7-9-11-13-15-16-17-18-19-20-21-22-23-24-25-27-29-31-33-35-39(43)40-37(36-41)38(42)34-32-30-28-26-14-12-10-8-6-4-2/h14,26,37-38,41-42H,3-13,15-25,27-36H2,1-2H3,(H,40,43)/b26-14+/t37-,38+/m0/s1. The highest BCUT2D eigenvalue weighted by molar-refractivity contribution is 5.76. The number of rotatable bonds is 35. The Kier molecular flexibility index (Phi) is 34.9. The van der Waals surface area contributed by atoms with Crippen molar-refractivity contribution in [1.29, 1.82) is 0 Å². The van der Waals surface area contributed by atoms with Crippen molar-refractivity contribution in [3.63, 3.8) is 0 Å². The fourth-order valence-electron chi connectivity index (χ4n) is 6.00. The minimum absolute atomic E-state index is 0.0399. The lowest BCUT2D eigenvalue weighted by Gasteiger charge is -2.22. The molecule has 3 N–H and O–H groups in total. The smallest absolute Gasteiger partial charge is 0.220 e. The van der Waals surface area contributed by atoms with Crippen LogP contribution >= 0.6 is 0 Å². The van der Waals surface area contributed by atoms with Gasteiger partial charge in [0.2, 0.25) is 5.91 Å². The molecule has 0 rings (SSSR count). The first-order valence-corrected chi connectivity index (χ1v) is 19.4. The average molecular weight is 608 g/mol. The van der Waals surface area contributed by atoms with E-state index in [2.05, 4.69) is 31.3 Å². The van der Waals surface area contributed by atoms with Crippen molar-refractivity contribution in [3.05, 3.63) is 12.2 Å². The lowest BCUT2D eigenvalue weighted by molar-refractivity contribution is -0.123. The molecular formula is C39H77NO3. The van der Waals surface area contributed by atoms with Crippen molar-refractivity contribution in [1.82, 2.24) is 5.32 Å². The monoisotopic (exact) mass is 608 g/mol. The van der Waals surface area contributed by atoms with Crippen molar-refractivity contribution < 1.29 is 15.0 Å². The van der Waals surface area contributed by atoms with Crippen LogP contribution in [-0.2, 0) is 4.79 Å². The summed E-state index contributed by atoms with van der Waals surface area (Å²) in [4.78, 5) is 12.3. The van der Waals surface area contributed by atoms with Crippen LogP contribution in [0.4, 0.5) is 0 Å². The zero-order valence-corrected chi connectivity index (χ0v) is 29.2. The molecule has 0 spiro atoms. The van der Waals surface area contributed by atoms with Crippen LogP contribution in [0.3, 0.4) is 0 Å². The lowest BCUT2D eigenvalue weighted by Crippen LogP contribution is -2.45. The highest BCUT2D eigenvalue weighted by atomic mass is 16.3. The van der Waals surface area contributed by atoms with E-state index in [-0.39, 0.29) is 12.5 Å². The van der Waals surface area contributed by atoms with Crippen molar-refractivity contribution >= 4 is 5.91 Å². The Hall–Kier alpha value is -0.870. The number of unbranched alkanes of at least 4 members (excludes halogenated alkanes) is 26. The van der Waals surface area contributed by atoms with E-state index in [1.54, 1.807) is 0 Å². The summed E-state index contributed by atoms with van der Waals surface area (Å²) in [6, 6.07) is -0.545. The van der Waals surface area contributed by atoms with Crippen LogP contribution in [-0.4, -0.2) is 34.9 Å². The summed E-state index contributed by atoms with van der Waals surface area (Å²) in [5.74, 6) is -0.0399. The molecule has 0 saturated carbocycles. The predicted molar refractivity (Wildman–Crippen MR) is 189 cm³/mol. The number of allylic oxidation sites excluding steroid dienone is 2. The van der Waals surface area contributed by atoms with Crippen molar-refractivity contribution in [3.8, 4) is 0 Å². The van der Waals surface area contributed by atoms with Gasteiger partial charge in [-0.1, -0.05) is 180 Å². The molecule has 0 aromatic heterocycles. The molecule has 0 heterocycles. The third-order valence-electron chi connectivity index (χ3n) is 9.03. The summed E-state index contributed by atoms with van der Waals surface area (Å²) >= 11 is 0. The van der Waals surface area contributed by atoms with Gasteiger partial charge in [0.25, 0.3) is 0 Å². The summed E-state index contributed by atoms with van der Waals surface area (Å²) in [7, 11) is 0. The number of carbonyl (C=O) groups excluding carboxylic acids is 1. The third-order valence-corrected chi connectivity index (χ3v) is 9.03. The molecule has 4 heteroatoms. The number of aliphatic hydroxyl groups excluding tert-OH is 2. The molecule has 2 atom stereocenters. The van der Waals surface area contributed by atoms with E-state index in [1.165, 1.54) is 154 Å². The molecule has 0 unspecified atom stereocenters. The Bertz CT molecular complexity index is 579. The van der Waals surface area contributed by atoms with E-state index in [0.717, 1.165) is 32.1 Å². The van der Waals surface area contributed by atoms with Crippen molar-refractivity contribution in [2.24, 2.45) is 0 Å². The number of hydrogen-bond acceptors (Lipinski definition) is 3. The number of amides is 1. The summed E-state index contributed by atoms with van der Waals surface area (Å²) in [5, 5.41) is 23.0. The van der Waals surface area contributed by atoms with E-state index < -0.39 is 12.1 Å². The highest BCUT2D eigenvalue weighted by Crippen LogP contribution is 2.15. The van der Waals surface area contributed by atoms with Gasteiger partial charge in [-0.2, -0.15) is 0 Å². The second-order valence-electron chi connectivity index (χ2n) is 13.4. The van der Waals surface area contributed by atoms with Gasteiger partial charge in [-0.15, -0.1) is 0 Å². The Morgan fingerprint density at radius 1 is 0.535 bits per heavy atom. The number of hydrogen-bond donors (Lipinski definition) is 3. The molecule has 0 aromatic rings. The molecule has 0 bridgehead atoms. The normalized spacial score (nSPS) is 13.1. The zero-order chi connectivity index (χ0) is 31.5. The number of carbonyl (C=O) groups is 1. The molecular weight excluding hydrogens is 530 g/mol. The second-order valence-corrected chi connectivity index (χ2v) is 13.4. The summed E-state index contributed by atoms with van der Waals surface area (Å²) in [5.41, 5.74) is 0. The van der Waals surface area contributed by atoms with Crippen LogP contribution in [0, 0.1) is 0 Å². The van der Waals surface area contributed by atoms with Gasteiger partial charge < -0.3 is 15.5 Å². The number of nitrogens with one attached hydrogen (secondary N) is 1. The Balaban J connectivity index is 3.48. The van der Waals surface area contributed by atoms with Gasteiger partial charge in [0.15, 0.2) is 0 Å². The molecule has 0 aliphatic carbocycles. The van der Waals surface area contributed by atoms with Crippen LogP contribution in [0.5, 0.6) is 0 Å². The molecule has 0 aliphatic rings. The first-order valence-electron chi connectivity index (χ1n) is 19.4. The van der Waals surface area contributed by atoms with E-state index in [1.807, 2.05) is 0 Å². The quantitative estimate of drug-likeness (QED) is 0.0496. The lowest BCUT2D eigenvalue weighted by atomic mass is 10.0. The van der Waals surface area contributed by atoms with E-state index in [9.17, 15) is 15.0 Å². The maximum absolute atomic E-state index is 12.3. The van der Waals surface area contributed by atoms with Crippen LogP contribution < -0.4 is 5.32 Å². The fraction of sp³-hybridized carbons (Fsp3) is 0.923. The summed E-state index contributed by atoms with van der Waals surface area (Å²) in [6.45, 7) is 4.32. The minimum Gasteiger partial charge on any atom is -0.394 e. The molecule has 4 nitrogen and oxygen atoms in total. The predicted octanol–water partition coefficient (Wildman–Crippen LogP) is 11.5. The topological polar surface area (TPSA) is 69.6 Å². The maximum atomic E-state index is 12.3. The highest BCUT2D eigenvalue weighted by Gasteiger charge is 2.19. The van der Waals surface area contributed by atoms with Gasteiger partial charge in [-0.05, 0) is 38.5 Å². The van der Waals surface area contributed by atoms with Gasteiger partial charge in [-0.25, -0.2) is 0 Å². The van der Waals surface area contributed by atoms with Crippen LogP contribution in [0.25, 0.3) is 0 Å². The number of aliphatic hydroxyl groups is 2. The maximum Gasteiger partial charge on any atom is 0.220 e. The fourth-order valence-corrected chi connectivity index (χ4v) is 6.00. The van der Waals surface area contributed by atoms with Gasteiger partial charge in [-0.3, -0.25) is 4.79 Å². The minimum atomic E-state index is -0.674. The van der Waals surface area contributed by atoms with E-state index >= 15 is 0 Å². The molecule has 0 fully saturated rings. The largest absolute Gasteiger partial charge is 0.394 e. The second kappa shape index (κ2) is 35.6. The van der Waals surface area contributed by atoms with Gasteiger partial charge in [0.1, 0.15) is 0 Å². The molecule has 0 saturated heterocycles. The molecule has 1 amide bonds. The van der Waals surface area contributed by atoms with Gasteiger partial charge in [0.05, 0.1) is 18.8 Å². The SMILES string of the molecule is CCCCCC/C=C/CCCC[C@@H](O)[C@H](CO)NC(=O)CCCCCCCCCCCCCCCCCCCCCCC. The molecule has 0 aliphatic heterocycles. The first-order chi connectivity index (χ1) is 21.2. The molecule has 256 valence electrons. The third kappa shape index (κ3) is 32.3.